The van der Waals surface area contributed by atoms with Gasteiger partial charge in [0, 0.05) is 16.6 Å². The lowest BCUT2D eigenvalue weighted by molar-refractivity contribution is 0.627. The average molecular weight is 363 g/mol. The number of rotatable bonds is 3. The zero-order valence-corrected chi connectivity index (χ0v) is 12.3. The number of hydrogen-bond acceptors (Lipinski definition) is 2. The topological polar surface area (TPSA) is 30.7 Å². The second-order valence-electron chi connectivity index (χ2n) is 3.44. The van der Waals surface area contributed by atoms with Crippen LogP contribution in [0.3, 0.4) is 0 Å². The number of aromatic nitrogens is 3. The minimum Gasteiger partial charge on any atom is -0.311 e. The summed E-state index contributed by atoms with van der Waals surface area (Å²) < 4.78 is 16.0. The third kappa shape index (κ3) is 2.42. The van der Waals surface area contributed by atoms with Gasteiger partial charge in [0.25, 0.3) is 0 Å². The van der Waals surface area contributed by atoms with Crippen molar-refractivity contribution in [2.75, 3.05) is 0 Å². The first-order chi connectivity index (χ1) is 8.17. The molecule has 2 aromatic rings. The van der Waals surface area contributed by atoms with Gasteiger partial charge in [-0.3, -0.25) is 0 Å². The Kier molecular flexibility index (Phi) is 3.93. The summed E-state index contributed by atoms with van der Waals surface area (Å²) in [7, 11) is 0. The predicted molar refractivity (Wildman–Crippen MR) is 71.4 cm³/mol. The fourth-order valence-electron chi connectivity index (χ4n) is 1.63. The van der Waals surface area contributed by atoms with Gasteiger partial charge in [-0.25, -0.2) is 4.39 Å². The van der Waals surface area contributed by atoms with E-state index in [0.717, 1.165) is 16.8 Å². The molecule has 6 heteroatoms. The molecule has 90 valence electrons. The maximum Gasteiger partial charge on any atom is 0.165 e. The lowest BCUT2D eigenvalue weighted by Crippen LogP contribution is -2.02. The van der Waals surface area contributed by atoms with E-state index in [0.29, 0.717) is 16.7 Å². The Morgan fingerprint density at radius 1 is 1.35 bits per heavy atom. The molecule has 0 aliphatic rings. The fraction of sp³-hybridized carbons (Fsp3) is 0.273. The zero-order chi connectivity index (χ0) is 12.4. The molecule has 1 aromatic carbocycles. The maximum absolute atomic E-state index is 13.3. The monoisotopic (exact) mass is 361 g/mol. The number of alkyl halides is 1. The molecule has 3 nitrogen and oxygen atoms in total. The molecule has 0 fully saturated rings. The van der Waals surface area contributed by atoms with Crippen molar-refractivity contribution in [2.24, 2.45) is 0 Å². The summed E-state index contributed by atoms with van der Waals surface area (Å²) in [5.41, 5.74) is 0.714. The van der Waals surface area contributed by atoms with Crippen LogP contribution in [0.4, 0.5) is 4.39 Å². The van der Waals surface area contributed by atoms with Crippen LogP contribution < -0.4 is 0 Å². The first-order valence-electron chi connectivity index (χ1n) is 5.10. The molecule has 0 N–H and O–H groups in total. The summed E-state index contributed by atoms with van der Waals surface area (Å²) >= 11 is 6.76. The van der Waals surface area contributed by atoms with Crippen LogP contribution in [0, 0.1) is 5.82 Å². The molecule has 0 saturated carbocycles. The highest BCUT2D eigenvalue weighted by atomic mass is 79.9. The van der Waals surface area contributed by atoms with Gasteiger partial charge >= 0.3 is 0 Å². The van der Waals surface area contributed by atoms with Gasteiger partial charge in [-0.1, -0.05) is 31.9 Å². The van der Waals surface area contributed by atoms with Gasteiger partial charge in [-0.15, -0.1) is 10.2 Å². The highest BCUT2D eigenvalue weighted by Gasteiger charge is 2.14. The molecule has 0 bridgehead atoms. The highest BCUT2D eigenvalue weighted by molar-refractivity contribution is 9.10. The lowest BCUT2D eigenvalue weighted by Gasteiger charge is -2.07. The molecular formula is C11H10Br2FN3. The largest absolute Gasteiger partial charge is 0.311 e. The molecule has 1 aromatic heterocycles. The smallest absolute Gasteiger partial charge is 0.165 e. The summed E-state index contributed by atoms with van der Waals surface area (Å²) in [5.74, 6) is 1.22. The van der Waals surface area contributed by atoms with Crippen LogP contribution in [0.5, 0.6) is 0 Å². The summed E-state index contributed by atoms with van der Waals surface area (Å²) in [6.07, 6.45) is 0. The number of nitrogens with zero attached hydrogens (tertiary/aromatic N) is 3. The van der Waals surface area contributed by atoms with Crippen LogP contribution in [0.1, 0.15) is 12.7 Å². The molecule has 0 radical (unpaired) electrons. The van der Waals surface area contributed by atoms with Crippen molar-refractivity contribution >= 4 is 31.9 Å². The molecule has 0 unspecified atom stereocenters. The Hall–Kier alpha value is -0.750. The number of halogens is 3. The summed E-state index contributed by atoms with van der Waals surface area (Å²) in [6, 6.07) is 4.54. The van der Waals surface area contributed by atoms with Gasteiger partial charge in [-0.05, 0) is 25.1 Å². The lowest BCUT2D eigenvalue weighted by atomic mass is 10.2. The van der Waals surface area contributed by atoms with Gasteiger partial charge < -0.3 is 4.57 Å². The van der Waals surface area contributed by atoms with Gasteiger partial charge in [0.1, 0.15) is 11.6 Å². The molecule has 0 spiro atoms. The van der Waals surface area contributed by atoms with Crippen molar-refractivity contribution in [1.82, 2.24) is 14.8 Å². The SMILES string of the molecule is CCn1c(CBr)nnc1-c1cc(F)ccc1Br. The average Bonchev–Trinajstić information content (AvgIpc) is 2.74. The van der Waals surface area contributed by atoms with E-state index in [1.165, 1.54) is 12.1 Å². The first kappa shape index (κ1) is 12.7. The summed E-state index contributed by atoms with van der Waals surface area (Å²) in [5, 5.41) is 8.82. The molecule has 2 rings (SSSR count). The molecule has 0 amide bonds. The number of benzene rings is 1. The van der Waals surface area contributed by atoms with E-state index >= 15 is 0 Å². The predicted octanol–water partition coefficient (Wildman–Crippen LogP) is 3.76. The van der Waals surface area contributed by atoms with Crippen LogP contribution in [0.25, 0.3) is 11.4 Å². The molecular weight excluding hydrogens is 353 g/mol. The Labute approximate surface area is 115 Å². The maximum atomic E-state index is 13.3. The van der Waals surface area contributed by atoms with Gasteiger partial charge in [-0.2, -0.15) is 0 Å². The molecule has 0 atom stereocenters. The van der Waals surface area contributed by atoms with E-state index in [-0.39, 0.29) is 5.82 Å². The van der Waals surface area contributed by atoms with Gasteiger partial charge in [0.05, 0.1) is 5.33 Å². The Balaban J connectivity index is 2.59. The molecule has 0 saturated heterocycles. The molecule has 0 aliphatic heterocycles. The van der Waals surface area contributed by atoms with E-state index in [1.54, 1.807) is 6.07 Å². The minimum atomic E-state index is -0.283. The van der Waals surface area contributed by atoms with E-state index in [4.69, 9.17) is 0 Å². The van der Waals surface area contributed by atoms with Crippen LogP contribution in [-0.4, -0.2) is 14.8 Å². The summed E-state index contributed by atoms with van der Waals surface area (Å²) in [4.78, 5) is 0. The molecule has 1 heterocycles. The van der Waals surface area contributed by atoms with Crippen molar-refractivity contribution in [3.8, 4) is 11.4 Å². The van der Waals surface area contributed by atoms with E-state index < -0.39 is 0 Å². The van der Waals surface area contributed by atoms with Crippen molar-refractivity contribution in [2.45, 2.75) is 18.8 Å². The standard InChI is InChI=1S/C11H10Br2FN3/c1-2-17-10(6-12)15-16-11(17)8-5-7(14)3-4-9(8)13/h3-5H,2,6H2,1H3. The Morgan fingerprint density at radius 2 is 2.12 bits per heavy atom. The van der Waals surface area contributed by atoms with Crippen molar-refractivity contribution in [3.05, 3.63) is 34.3 Å². The zero-order valence-electron chi connectivity index (χ0n) is 9.12. The van der Waals surface area contributed by atoms with Crippen LogP contribution in [0.2, 0.25) is 0 Å². The van der Waals surface area contributed by atoms with Crippen molar-refractivity contribution in [1.29, 1.82) is 0 Å². The van der Waals surface area contributed by atoms with E-state index in [2.05, 4.69) is 42.1 Å². The highest BCUT2D eigenvalue weighted by Crippen LogP contribution is 2.28. The Bertz CT molecular complexity index is 540. The van der Waals surface area contributed by atoms with E-state index in [9.17, 15) is 4.39 Å². The van der Waals surface area contributed by atoms with Gasteiger partial charge in [0.2, 0.25) is 0 Å². The molecule has 0 aliphatic carbocycles. The summed E-state index contributed by atoms with van der Waals surface area (Å²) in [6.45, 7) is 2.75. The Morgan fingerprint density at radius 3 is 2.76 bits per heavy atom. The second-order valence-corrected chi connectivity index (χ2v) is 4.86. The van der Waals surface area contributed by atoms with Crippen LogP contribution in [-0.2, 0) is 11.9 Å². The van der Waals surface area contributed by atoms with Crippen molar-refractivity contribution < 1.29 is 4.39 Å². The number of hydrogen-bond donors (Lipinski definition) is 0. The third-order valence-corrected chi connectivity index (χ3v) is 3.63. The van der Waals surface area contributed by atoms with Crippen molar-refractivity contribution in [3.63, 3.8) is 0 Å². The van der Waals surface area contributed by atoms with E-state index in [1.807, 2.05) is 11.5 Å². The quantitative estimate of drug-likeness (QED) is 0.778. The molecule has 17 heavy (non-hydrogen) atoms. The normalized spacial score (nSPS) is 10.8. The second kappa shape index (κ2) is 5.27. The minimum absolute atomic E-state index is 0.283. The fourth-order valence-corrected chi connectivity index (χ4v) is 2.47. The van der Waals surface area contributed by atoms with Crippen LogP contribution >= 0.6 is 31.9 Å². The third-order valence-electron chi connectivity index (χ3n) is 2.43. The van der Waals surface area contributed by atoms with Gasteiger partial charge in [0.15, 0.2) is 5.82 Å². The van der Waals surface area contributed by atoms with Crippen LogP contribution in [0.15, 0.2) is 22.7 Å². The first-order valence-corrected chi connectivity index (χ1v) is 7.02.